The van der Waals surface area contributed by atoms with Crippen molar-refractivity contribution in [2.24, 2.45) is 16.5 Å². The molecule has 6 N–H and O–H groups in total. The molecule has 5 nitrogen and oxygen atoms in total. The Bertz CT molecular complexity index is 302. The maximum Gasteiger partial charge on any atom is 0.189 e. The van der Waals surface area contributed by atoms with E-state index in [9.17, 15) is 0 Å². The molecular weight excluding hydrogens is 178 g/mol. The van der Waals surface area contributed by atoms with E-state index >= 15 is 0 Å². The molecule has 5 heteroatoms. The maximum atomic E-state index is 5.50. The number of nitrogens with two attached hydrogens (primary N) is 2. The molecule has 0 aromatic carbocycles. The van der Waals surface area contributed by atoms with E-state index in [4.69, 9.17) is 11.5 Å². The third-order valence-corrected chi connectivity index (χ3v) is 1.87. The van der Waals surface area contributed by atoms with Crippen LogP contribution in [0.4, 0.5) is 0 Å². The zero-order valence-electron chi connectivity index (χ0n) is 8.38. The SMILES string of the molecule is Cc1cc(CCNC(N)=NCN)c[nH]1. The molecule has 0 fully saturated rings. The zero-order chi connectivity index (χ0) is 10.4. The van der Waals surface area contributed by atoms with E-state index < -0.39 is 0 Å². The Balaban J connectivity index is 2.25. The van der Waals surface area contributed by atoms with Gasteiger partial charge in [0.1, 0.15) is 0 Å². The Morgan fingerprint density at radius 2 is 2.43 bits per heavy atom. The monoisotopic (exact) mass is 195 g/mol. The fourth-order valence-corrected chi connectivity index (χ4v) is 1.20. The molecule has 1 rings (SSSR count). The molecule has 0 spiro atoms. The van der Waals surface area contributed by atoms with Crippen molar-refractivity contribution in [3.05, 3.63) is 23.5 Å². The van der Waals surface area contributed by atoms with Crippen molar-refractivity contribution in [2.45, 2.75) is 13.3 Å². The van der Waals surface area contributed by atoms with Crippen LogP contribution in [0.5, 0.6) is 0 Å². The number of aliphatic imine (C=N–C) groups is 1. The molecule has 1 aromatic rings. The van der Waals surface area contributed by atoms with Gasteiger partial charge in [0.05, 0.1) is 6.67 Å². The predicted octanol–water partition coefficient (Wildman–Crippen LogP) is -0.314. The summed E-state index contributed by atoms with van der Waals surface area (Å²) in [6.07, 6.45) is 2.92. The summed E-state index contributed by atoms with van der Waals surface area (Å²) < 4.78 is 0. The summed E-state index contributed by atoms with van der Waals surface area (Å²) in [6, 6.07) is 2.11. The number of H-pyrrole nitrogens is 1. The molecule has 14 heavy (non-hydrogen) atoms. The summed E-state index contributed by atoms with van der Waals surface area (Å²) >= 11 is 0. The van der Waals surface area contributed by atoms with Gasteiger partial charge in [0, 0.05) is 18.4 Å². The van der Waals surface area contributed by atoms with Crippen molar-refractivity contribution in [2.75, 3.05) is 13.2 Å². The van der Waals surface area contributed by atoms with Gasteiger partial charge in [0.15, 0.2) is 5.96 Å². The molecule has 0 atom stereocenters. The number of rotatable bonds is 4. The van der Waals surface area contributed by atoms with Gasteiger partial charge >= 0.3 is 0 Å². The van der Waals surface area contributed by atoms with Crippen LogP contribution in [0.15, 0.2) is 17.3 Å². The van der Waals surface area contributed by atoms with Crippen LogP contribution >= 0.6 is 0 Å². The van der Waals surface area contributed by atoms with Crippen LogP contribution in [0.3, 0.4) is 0 Å². The fourth-order valence-electron chi connectivity index (χ4n) is 1.20. The van der Waals surface area contributed by atoms with Gasteiger partial charge in [0.2, 0.25) is 0 Å². The van der Waals surface area contributed by atoms with Crippen LogP contribution in [0, 0.1) is 6.92 Å². The van der Waals surface area contributed by atoms with Gasteiger partial charge in [-0.3, -0.25) is 0 Å². The normalized spacial score (nSPS) is 11.7. The van der Waals surface area contributed by atoms with Crippen molar-refractivity contribution in [3.8, 4) is 0 Å². The Kier molecular flexibility index (Phi) is 4.00. The van der Waals surface area contributed by atoms with Crippen LogP contribution in [0.25, 0.3) is 0 Å². The first kappa shape index (κ1) is 10.6. The van der Waals surface area contributed by atoms with E-state index in [0.29, 0.717) is 5.96 Å². The van der Waals surface area contributed by atoms with Crippen molar-refractivity contribution < 1.29 is 0 Å². The second-order valence-corrected chi connectivity index (χ2v) is 3.09. The second kappa shape index (κ2) is 5.29. The molecule has 0 aliphatic rings. The van der Waals surface area contributed by atoms with Gasteiger partial charge < -0.3 is 21.8 Å². The van der Waals surface area contributed by atoms with Crippen LogP contribution in [-0.2, 0) is 6.42 Å². The van der Waals surface area contributed by atoms with E-state index in [0.717, 1.165) is 13.0 Å². The summed E-state index contributed by atoms with van der Waals surface area (Å²) in [5.74, 6) is 0.403. The number of aryl methyl sites for hydroxylation is 1. The van der Waals surface area contributed by atoms with Gasteiger partial charge in [0.25, 0.3) is 0 Å². The summed E-state index contributed by atoms with van der Waals surface area (Å²) in [7, 11) is 0. The molecule has 0 unspecified atom stereocenters. The Labute approximate surface area is 83.6 Å². The molecule has 0 amide bonds. The van der Waals surface area contributed by atoms with Gasteiger partial charge in [-0.15, -0.1) is 0 Å². The van der Waals surface area contributed by atoms with Crippen LogP contribution in [0.1, 0.15) is 11.3 Å². The lowest BCUT2D eigenvalue weighted by molar-refractivity contribution is 0.850. The van der Waals surface area contributed by atoms with E-state index in [2.05, 4.69) is 21.4 Å². The van der Waals surface area contributed by atoms with Crippen molar-refractivity contribution in [1.29, 1.82) is 0 Å². The number of aromatic amines is 1. The Morgan fingerprint density at radius 1 is 1.64 bits per heavy atom. The third kappa shape index (κ3) is 3.49. The summed E-state index contributed by atoms with van der Waals surface area (Å²) in [5.41, 5.74) is 13.1. The number of nitrogens with zero attached hydrogens (tertiary/aromatic N) is 1. The highest BCUT2D eigenvalue weighted by molar-refractivity contribution is 5.77. The second-order valence-electron chi connectivity index (χ2n) is 3.09. The average Bonchev–Trinajstić information content (AvgIpc) is 2.52. The topological polar surface area (TPSA) is 92.2 Å². The number of hydrogen-bond acceptors (Lipinski definition) is 2. The van der Waals surface area contributed by atoms with E-state index in [1.54, 1.807) is 0 Å². The lowest BCUT2D eigenvalue weighted by Gasteiger charge is -2.03. The number of nitrogens with one attached hydrogen (secondary N) is 2. The van der Waals surface area contributed by atoms with Crippen LogP contribution < -0.4 is 16.8 Å². The highest BCUT2D eigenvalue weighted by atomic mass is 15.1. The van der Waals surface area contributed by atoms with E-state index in [1.807, 2.05) is 13.1 Å². The maximum absolute atomic E-state index is 5.50. The lowest BCUT2D eigenvalue weighted by Crippen LogP contribution is -2.33. The highest BCUT2D eigenvalue weighted by Crippen LogP contribution is 2.01. The van der Waals surface area contributed by atoms with Gasteiger partial charge in [-0.05, 0) is 25.0 Å². The Morgan fingerprint density at radius 3 is 3.00 bits per heavy atom. The summed E-state index contributed by atoms with van der Waals surface area (Å²) in [6.45, 7) is 3.02. The minimum Gasteiger partial charge on any atom is -0.370 e. The molecular formula is C9H17N5. The van der Waals surface area contributed by atoms with E-state index in [-0.39, 0.29) is 6.67 Å². The standard InChI is InChI=1S/C9H17N5/c1-7-4-8(5-13-7)2-3-12-9(11)14-6-10/h4-5,13H,2-3,6,10H2,1H3,(H3,11,12,14). The largest absolute Gasteiger partial charge is 0.370 e. The summed E-state index contributed by atoms with van der Waals surface area (Å²) in [5, 5.41) is 2.98. The lowest BCUT2D eigenvalue weighted by atomic mass is 10.2. The molecule has 0 bridgehead atoms. The van der Waals surface area contributed by atoms with Crippen LogP contribution in [0.2, 0.25) is 0 Å². The minimum absolute atomic E-state index is 0.224. The molecule has 0 aliphatic heterocycles. The summed E-state index contributed by atoms with van der Waals surface area (Å²) in [4.78, 5) is 6.94. The van der Waals surface area contributed by atoms with E-state index in [1.165, 1.54) is 11.3 Å². The molecule has 1 aromatic heterocycles. The highest BCUT2D eigenvalue weighted by Gasteiger charge is 1.95. The third-order valence-electron chi connectivity index (χ3n) is 1.87. The van der Waals surface area contributed by atoms with Crippen molar-refractivity contribution in [3.63, 3.8) is 0 Å². The fraction of sp³-hybridized carbons (Fsp3) is 0.444. The van der Waals surface area contributed by atoms with Gasteiger partial charge in [-0.25, -0.2) is 4.99 Å². The first-order valence-electron chi connectivity index (χ1n) is 4.60. The van der Waals surface area contributed by atoms with Gasteiger partial charge in [-0.1, -0.05) is 0 Å². The van der Waals surface area contributed by atoms with Crippen molar-refractivity contribution >= 4 is 5.96 Å². The number of guanidine groups is 1. The Hall–Kier alpha value is -1.49. The molecule has 0 aliphatic carbocycles. The molecule has 0 saturated heterocycles. The molecule has 1 heterocycles. The number of aromatic nitrogens is 1. The number of hydrogen-bond donors (Lipinski definition) is 4. The first-order valence-corrected chi connectivity index (χ1v) is 4.60. The van der Waals surface area contributed by atoms with Gasteiger partial charge in [-0.2, -0.15) is 0 Å². The zero-order valence-corrected chi connectivity index (χ0v) is 8.38. The first-order chi connectivity index (χ1) is 6.72. The minimum atomic E-state index is 0.224. The van der Waals surface area contributed by atoms with Crippen LogP contribution in [-0.4, -0.2) is 24.2 Å². The average molecular weight is 195 g/mol. The molecule has 78 valence electrons. The smallest absolute Gasteiger partial charge is 0.189 e. The predicted molar refractivity (Wildman–Crippen MR) is 57.9 cm³/mol. The molecule has 0 saturated carbocycles. The molecule has 0 radical (unpaired) electrons. The quantitative estimate of drug-likeness (QED) is 0.392. The van der Waals surface area contributed by atoms with Crippen molar-refractivity contribution in [1.82, 2.24) is 10.3 Å².